The normalized spacial score (nSPS) is 11.6. The molecule has 12 aromatic rings. The number of furan rings is 1. The summed E-state index contributed by atoms with van der Waals surface area (Å²) in [6.07, 6.45) is 0. The molecule has 5 nitrogen and oxygen atoms in total. The molecule has 0 aliphatic carbocycles. The van der Waals surface area contributed by atoms with E-state index in [0.717, 1.165) is 72.0 Å². The molecule has 12 rings (SSSR count). The summed E-state index contributed by atoms with van der Waals surface area (Å²) in [6.45, 7) is 0. The highest BCUT2D eigenvalue weighted by molar-refractivity contribution is 7.26. The molecule has 0 aliphatic rings. The van der Waals surface area contributed by atoms with Crippen molar-refractivity contribution in [3.8, 4) is 45.3 Å². The summed E-state index contributed by atoms with van der Waals surface area (Å²) in [5.74, 6) is 1.77. The predicted octanol–water partition coefficient (Wildman–Crippen LogP) is 15.4. The van der Waals surface area contributed by atoms with Crippen LogP contribution in [0.2, 0.25) is 0 Å². The molecule has 0 bridgehead atoms. The lowest BCUT2D eigenvalue weighted by atomic mass is 10.0. The van der Waals surface area contributed by atoms with Gasteiger partial charge in [0.2, 0.25) is 0 Å². The van der Waals surface area contributed by atoms with Gasteiger partial charge in [-0.05, 0) is 64.4 Å². The monoisotopic (exact) mass is 798 g/mol. The van der Waals surface area contributed by atoms with Crippen LogP contribution in [0.25, 0.3) is 98.2 Å². The van der Waals surface area contributed by atoms with Gasteiger partial charge in [0.25, 0.3) is 0 Å². The first-order chi connectivity index (χ1) is 30.2. The minimum absolute atomic E-state index is 0.565. The van der Waals surface area contributed by atoms with Gasteiger partial charge in [-0.25, -0.2) is 15.0 Å². The number of hydrogen-bond donors (Lipinski definition) is 0. The van der Waals surface area contributed by atoms with Crippen molar-refractivity contribution in [2.45, 2.75) is 0 Å². The molecule has 0 amide bonds. The van der Waals surface area contributed by atoms with Gasteiger partial charge < -0.3 is 9.32 Å². The van der Waals surface area contributed by atoms with Crippen LogP contribution in [0.15, 0.2) is 211 Å². The zero-order valence-corrected chi connectivity index (χ0v) is 33.6. The second-order valence-electron chi connectivity index (χ2n) is 15.2. The van der Waals surface area contributed by atoms with Crippen molar-refractivity contribution >= 4 is 81.3 Å². The Labute approximate surface area is 355 Å². The van der Waals surface area contributed by atoms with Gasteiger partial charge in [-0.1, -0.05) is 158 Å². The van der Waals surface area contributed by atoms with E-state index >= 15 is 0 Å². The first kappa shape index (κ1) is 35.1. The van der Waals surface area contributed by atoms with E-state index in [1.54, 1.807) is 0 Å². The van der Waals surface area contributed by atoms with Gasteiger partial charge in [-0.2, -0.15) is 0 Å². The molecule has 0 N–H and O–H groups in total. The molecule has 0 fully saturated rings. The van der Waals surface area contributed by atoms with Crippen LogP contribution in [0.4, 0.5) is 17.1 Å². The van der Waals surface area contributed by atoms with Crippen molar-refractivity contribution in [1.29, 1.82) is 0 Å². The molecule has 0 radical (unpaired) electrons. The van der Waals surface area contributed by atoms with Crippen LogP contribution >= 0.6 is 11.3 Å². The molecule has 3 aromatic heterocycles. The number of para-hydroxylation sites is 1. The number of anilines is 3. The second-order valence-corrected chi connectivity index (χ2v) is 16.3. The van der Waals surface area contributed by atoms with E-state index in [4.69, 9.17) is 19.4 Å². The van der Waals surface area contributed by atoms with E-state index in [-0.39, 0.29) is 0 Å². The van der Waals surface area contributed by atoms with Crippen LogP contribution in [0.5, 0.6) is 0 Å². The molecule has 6 heteroatoms. The van der Waals surface area contributed by atoms with Crippen molar-refractivity contribution < 1.29 is 4.42 Å². The molecule has 0 saturated carbocycles. The summed E-state index contributed by atoms with van der Waals surface area (Å²) in [5.41, 5.74) is 9.57. The highest BCUT2D eigenvalue weighted by atomic mass is 32.1. The Morgan fingerprint density at radius 2 is 1.02 bits per heavy atom. The van der Waals surface area contributed by atoms with E-state index in [1.807, 2.05) is 41.7 Å². The largest absolute Gasteiger partial charge is 0.456 e. The summed E-state index contributed by atoms with van der Waals surface area (Å²) in [4.78, 5) is 18.1. The van der Waals surface area contributed by atoms with Gasteiger partial charge in [0, 0.05) is 54.7 Å². The fraction of sp³-hybridized carbons (Fsp3) is 0. The van der Waals surface area contributed by atoms with Gasteiger partial charge in [0.15, 0.2) is 17.5 Å². The van der Waals surface area contributed by atoms with Gasteiger partial charge in [0.1, 0.15) is 11.2 Å². The van der Waals surface area contributed by atoms with Crippen molar-refractivity contribution in [3.05, 3.63) is 206 Å². The average Bonchev–Trinajstić information content (AvgIpc) is 3.91. The van der Waals surface area contributed by atoms with Crippen LogP contribution in [-0.4, -0.2) is 15.0 Å². The third-order valence-corrected chi connectivity index (χ3v) is 12.7. The molecule has 0 spiro atoms. The van der Waals surface area contributed by atoms with E-state index < -0.39 is 0 Å². The Balaban J connectivity index is 1.14. The van der Waals surface area contributed by atoms with Crippen LogP contribution < -0.4 is 4.90 Å². The van der Waals surface area contributed by atoms with Crippen LogP contribution in [0.1, 0.15) is 0 Å². The zero-order chi connectivity index (χ0) is 40.3. The quantitative estimate of drug-likeness (QED) is 0.161. The summed E-state index contributed by atoms with van der Waals surface area (Å²) < 4.78 is 9.22. The van der Waals surface area contributed by atoms with Crippen molar-refractivity contribution in [2.75, 3.05) is 4.90 Å². The van der Waals surface area contributed by atoms with Crippen molar-refractivity contribution in [2.24, 2.45) is 0 Å². The van der Waals surface area contributed by atoms with E-state index in [2.05, 4.69) is 181 Å². The number of hydrogen-bond acceptors (Lipinski definition) is 6. The molecule has 0 aliphatic heterocycles. The lowest BCUT2D eigenvalue weighted by Gasteiger charge is -2.27. The standard InChI is InChI=1S/C55H34N4OS/c1-3-14-35(15-4-1)37-28-30-41(31-29-37)59(47-23-13-22-44-43-20-10-12-25-50(43)61-52(44)47)42-33-46(51-45-21-9-11-24-48(45)60-49(51)34-42)55-57-53(38-17-5-2-6-18-38)56-54(58-55)40-27-26-36-16-7-8-19-39(36)32-40/h1-34H. The Bertz CT molecular complexity index is 3600. The fourth-order valence-corrected chi connectivity index (χ4v) is 9.79. The molecule has 0 unspecified atom stereocenters. The number of nitrogens with zero attached hydrogens (tertiary/aromatic N) is 4. The summed E-state index contributed by atoms with van der Waals surface area (Å²) in [5, 5.41) is 6.70. The Kier molecular flexibility index (Phi) is 8.28. The summed E-state index contributed by atoms with van der Waals surface area (Å²) in [7, 11) is 0. The van der Waals surface area contributed by atoms with E-state index in [9.17, 15) is 0 Å². The van der Waals surface area contributed by atoms with Crippen molar-refractivity contribution in [3.63, 3.8) is 0 Å². The van der Waals surface area contributed by atoms with E-state index in [1.165, 1.54) is 25.7 Å². The second kappa shape index (κ2) is 14.4. The molecule has 3 heterocycles. The Morgan fingerprint density at radius 3 is 1.84 bits per heavy atom. The first-order valence-corrected chi connectivity index (χ1v) is 21.2. The smallest absolute Gasteiger partial charge is 0.164 e. The van der Waals surface area contributed by atoms with Gasteiger partial charge in [0.05, 0.1) is 16.1 Å². The highest BCUT2D eigenvalue weighted by Crippen LogP contribution is 2.48. The summed E-state index contributed by atoms with van der Waals surface area (Å²) >= 11 is 1.82. The Hall–Kier alpha value is -7.93. The molecule has 9 aromatic carbocycles. The average molecular weight is 799 g/mol. The molecule has 61 heavy (non-hydrogen) atoms. The molecular weight excluding hydrogens is 765 g/mol. The van der Waals surface area contributed by atoms with E-state index in [0.29, 0.717) is 17.5 Å². The fourth-order valence-electron chi connectivity index (χ4n) is 8.58. The SMILES string of the molecule is c1ccc(-c2ccc(N(c3cc(-c4nc(-c5ccccc5)nc(-c5ccc6ccccc6c5)n4)c4c(c3)oc3ccccc34)c3cccc4c3sc3ccccc34)cc2)cc1. The predicted molar refractivity (Wildman–Crippen MR) is 254 cm³/mol. The minimum Gasteiger partial charge on any atom is -0.456 e. The van der Waals surface area contributed by atoms with Gasteiger partial charge >= 0.3 is 0 Å². The number of benzene rings is 9. The zero-order valence-electron chi connectivity index (χ0n) is 32.7. The highest BCUT2D eigenvalue weighted by Gasteiger charge is 2.24. The van der Waals surface area contributed by atoms with Gasteiger partial charge in [-0.3, -0.25) is 0 Å². The Morgan fingerprint density at radius 1 is 0.393 bits per heavy atom. The third kappa shape index (κ3) is 6.12. The lowest BCUT2D eigenvalue weighted by molar-refractivity contribution is 0.669. The van der Waals surface area contributed by atoms with Gasteiger partial charge in [-0.15, -0.1) is 11.3 Å². The van der Waals surface area contributed by atoms with Crippen LogP contribution in [-0.2, 0) is 0 Å². The summed E-state index contributed by atoms with van der Waals surface area (Å²) in [6, 6.07) is 72.2. The number of thiophene rings is 1. The molecular formula is C55H34N4OS. The molecule has 286 valence electrons. The molecule has 0 atom stereocenters. The number of rotatable bonds is 7. The number of aromatic nitrogens is 3. The maximum absolute atomic E-state index is 6.77. The topological polar surface area (TPSA) is 55.1 Å². The third-order valence-electron chi connectivity index (χ3n) is 11.5. The lowest BCUT2D eigenvalue weighted by Crippen LogP contribution is -2.10. The minimum atomic E-state index is 0.565. The number of fused-ring (bicyclic) bond motifs is 7. The van der Waals surface area contributed by atoms with Crippen LogP contribution in [0.3, 0.4) is 0 Å². The molecule has 0 saturated heterocycles. The van der Waals surface area contributed by atoms with Crippen LogP contribution in [0, 0.1) is 0 Å². The first-order valence-electron chi connectivity index (χ1n) is 20.3. The maximum atomic E-state index is 6.77. The maximum Gasteiger partial charge on any atom is 0.164 e. The van der Waals surface area contributed by atoms with Crippen molar-refractivity contribution in [1.82, 2.24) is 15.0 Å².